The number of amides is 1. The predicted octanol–water partition coefficient (Wildman–Crippen LogP) is 2.20. The first-order chi connectivity index (χ1) is 11.3. The van der Waals surface area contributed by atoms with Crippen molar-refractivity contribution in [3.63, 3.8) is 0 Å². The molecule has 24 heavy (non-hydrogen) atoms. The predicted molar refractivity (Wildman–Crippen MR) is 88.6 cm³/mol. The summed E-state index contributed by atoms with van der Waals surface area (Å²) in [7, 11) is 0. The molecule has 7 heteroatoms. The maximum atomic E-state index is 11.8. The Morgan fingerprint density at radius 3 is 2.38 bits per heavy atom. The van der Waals surface area contributed by atoms with Crippen LogP contribution in [0.1, 0.15) is 45.2 Å². The van der Waals surface area contributed by atoms with Crippen molar-refractivity contribution < 1.29 is 19.4 Å². The third-order valence-electron chi connectivity index (χ3n) is 3.87. The van der Waals surface area contributed by atoms with Gasteiger partial charge < -0.3 is 15.2 Å². The molecule has 1 amide bonds. The zero-order valence-electron chi connectivity index (χ0n) is 14.4. The van der Waals surface area contributed by atoms with Crippen molar-refractivity contribution in [1.29, 1.82) is 0 Å². The number of piperidine rings is 1. The first-order valence-corrected chi connectivity index (χ1v) is 8.12. The lowest BCUT2D eigenvalue weighted by atomic mass is 10.00. The number of alkyl carbamates (subject to hydrolysis) is 1. The number of rotatable bonds is 4. The molecule has 0 aliphatic carbocycles. The molecule has 1 unspecified atom stereocenters. The SMILES string of the molecule is CC(C)(C)OC(=O)NC1CCN(C(C(=O)O)c2ccncc2)CC1. The van der Waals surface area contributed by atoms with Crippen LogP contribution in [0.2, 0.25) is 0 Å². The topological polar surface area (TPSA) is 91.8 Å². The standard InChI is InChI=1S/C17H25N3O4/c1-17(2,3)24-16(23)19-13-6-10-20(11-7-13)14(15(21)22)12-4-8-18-9-5-12/h4-5,8-9,13-14H,6-7,10-11H2,1-3H3,(H,19,23)(H,21,22). The number of aromatic nitrogens is 1. The van der Waals surface area contributed by atoms with E-state index in [2.05, 4.69) is 10.3 Å². The summed E-state index contributed by atoms with van der Waals surface area (Å²) < 4.78 is 5.26. The summed E-state index contributed by atoms with van der Waals surface area (Å²) in [5, 5.41) is 12.4. The van der Waals surface area contributed by atoms with Crippen molar-refractivity contribution in [3.8, 4) is 0 Å². The average molecular weight is 335 g/mol. The minimum atomic E-state index is -0.875. The van der Waals surface area contributed by atoms with Gasteiger partial charge in [-0.2, -0.15) is 0 Å². The van der Waals surface area contributed by atoms with E-state index < -0.39 is 23.7 Å². The number of ether oxygens (including phenoxy) is 1. The monoisotopic (exact) mass is 335 g/mol. The third-order valence-corrected chi connectivity index (χ3v) is 3.87. The molecule has 1 saturated heterocycles. The average Bonchev–Trinajstić information content (AvgIpc) is 2.48. The fourth-order valence-corrected chi connectivity index (χ4v) is 2.83. The van der Waals surface area contributed by atoms with Gasteiger partial charge in [-0.15, -0.1) is 0 Å². The molecule has 1 fully saturated rings. The summed E-state index contributed by atoms with van der Waals surface area (Å²) in [6, 6.07) is 2.77. The lowest BCUT2D eigenvalue weighted by Gasteiger charge is -2.36. The smallest absolute Gasteiger partial charge is 0.407 e. The van der Waals surface area contributed by atoms with Crippen molar-refractivity contribution in [2.24, 2.45) is 0 Å². The summed E-state index contributed by atoms with van der Waals surface area (Å²) in [6.45, 7) is 6.66. The Hall–Kier alpha value is -2.15. The Morgan fingerprint density at radius 1 is 1.29 bits per heavy atom. The van der Waals surface area contributed by atoms with Gasteiger partial charge in [-0.1, -0.05) is 0 Å². The van der Waals surface area contributed by atoms with Crippen LogP contribution >= 0.6 is 0 Å². The number of nitrogens with one attached hydrogen (secondary N) is 1. The van der Waals surface area contributed by atoms with Crippen LogP contribution in [0.15, 0.2) is 24.5 Å². The molecule has 1 aliphatic rings. The van der Waals surface area contributed by atoms with Crippen LogP contribution in [-0.4, -0.2) is 51.8 Å². The van der Waals surface area contributed by atoms with Crippen LogP contribution in [-0.2, 0) is 9.53 Å². The van der Waals surface area contributed by atoms with Gasteiger partial charge in [-0.25, -0.2) is 4.79 Å². The van der Waals surface area contributed by atoms with Gasteiger partial charge in [0.15, 0.2) is 0 Å². The van der Waals surface area contributed by atoms with E-state index >= 15 is 0 Å². The molecule has 0 saturated carbocycles. The highest BCUT2D eigenvalue weighted by molar-refractivity contribution is 5.75. The van der Waals surface area contributed by atoms with E-state index in [1.54, 1.807) is 24.5 Å². The highest BCUT2D eigenvalue weighted by atomic mass is 16.6. The van der Waals surface area contributed by atoms with Gasteiger partial charge in [0.2, 0.25) is 0 Å². The molecular formula is C17H25N3O4. The number of carboxylic acid groups (broad SMARTS) is 1. The van der Waals surface area contributed by atoms with Crippen LogP contribution in [0, 0.1) is 0 Å². The van der Waals surface area contributed by atoms with E-state index in [0.717, 1.165) is 5.56 Å². The Labute approximate surface area is 142 Å². The first-order valence-electron chi connectivity index (χ1n) is 8.12. The van der Waals surface area contributed by atoms with Crippen LogP contribution in [0.4, 0.5) is 4.79 Å². The summed E-state index contributed by atoms with van der Waals surface area (Å²) in [5.41, 5.74) is 0.191. The zero-order chi connectivity index (χ0) is 17.7. The Morgan fingerprint density at radius 2 is 1.88 bits per heavy atom. The largest absolute Gasteiger partial charge is 0.480 e. The summed E-state index contributed by atoms with van der Waals surface area (Å²) >= 11 is 0. The Kier molecular flexibility index (Phi) is 5.77. The molecular weight excluding hydrogens is 310 g/mol. The van der Waals surface area contributed by atoms with E-state index in [0.29, 0.717) is 25.9 Å². The number of carboxylic acids is 1. The van der Waals surface area contributed by atoms with E-state index in [9.17, 15) is 14.7 Å². The van der Waals surface area contributed by atoms with Gasteiger partial charge in [-0.05, 0) is 51.3 Å². The number of hydrogen-bond donors (Lipinski definition) is 2. The molecule has 2 N–H and O–H groups in total. The number of nitrogens with zero attached hydrogens (tertiary/aromatic N) is 2. The maximum absolute atomic E-state index is 11.8. The molecule has 2 rings (SSSR count). The third kappa shape index (κ3) is 5.19. The number of pyridine rings is 1. The van der Waals surface area contributed by atoms with Crippen molar-refractivity contribution in [2.75, 3.05) is 13.1 Å². The second-order valence-corrected chi connectivity index (χ2v) is 6.98. The van der Waals surface area contributed by atoms with Crippen LogP contribution in [0.3, 0.4) is 0 Å². The van der Waals surface area contributed by atoms with Crippen molar-refractivity contribution in [1.82, 2.24) is 15.2 Å². The van der Waals surface area contributed by atoms with E-state index in [1.807, 2.05) is 25.7 Å². The molecule has 0 bridgehead atoms. The van der Waals surface area contributed by atoms with Crippen molar-refractivity contribution in [3.05, 3.63) is 30.1 Å². The molecule has 0 spiro atoms. The number of carbonyl (C=O) groups excluding carboxylic acids is 1. The van der Waals surface area contributed by atoms with Gasteiger partial charge in [0.05, 0.1) is 0 Å². The van der Waals surface area contributed by atoms with E-state index in [1.165, 1.54) is 0 Å². The van der Waals surface area contributed by atoms with Gasteiger partial charge in [0.25, 0.3) is 0 Å². The molecule has 2 heterocycles. The van der Waals surface area contributed by atoms with Crippen LogP contribution < -0.4 is 5.32 Å². The van der Waals surface area contributed by atoms with Crippen LogP contribution in [0.25, 0.3) is 0 Å². The van der Waals surface area contributed by atoms with Crippen LogP contribution in [0.5, 0.6) is 0 Å². The molecule has 0 aromatic carbocycles. The highest BCUT2D eigenvalue weighted by Crippen LogP contribution is 2.25. The minimum absolute atomic E-state index is 0.00276. The Bertz CT molecular complexity index is 563. The molecule has 0 radical (unpaired) electrons. The van der Waals surface area contributed by atoms with E-state index in [4.69, 9.17) is 4.74 Å². The zero-order valence-corrected chi connectivity index (χ0v) is 14.4. The number of aliphatic carboxylic acids is 1. The van der Waals surface area contributed by atoms with Gasteiger partial charge in [-0.3, -0.25) is 14.7 Å². The number of likely N-dealkylation sites (tertiary alicyclic amines) is 1. The maximum Gasteiger partial charge on any atom is 0.407 e. The number of hydrogen-bond acceptors (Lipinski definition) is 5. The molecule has 132 valence electrons. The van der Waals surface area contributed by atoms with E-state index in [-0.39, 0.29) is 6.04 Å². The van der Waals surface area contributed by atoms with Crippen molar-refractivity contribution in [2.45, 2.75) is 51.3 Å². The second kappa shape index (κ2) is 7.61. The molecule has 7 nitrogen and oxygen atoms in total. The van der Waals surface area contributed by atoms with Crippen molar-refractivity contribution >= 4 is 12.1 Å². The first kappa shape index (κ1) is 18.2. The second-order valence-electron chi connectivity index (χ2n) is 6.98. The Balaban J connectivity index is 1.91. The summed E-state index contributed by atoms with van der Waals surface area (Å²) in [6.07, 6.45) is 4.15. The lowest BCUT2D eigenvalue weighted by Crippen LogP contribution is -2.48. The fraction of sp³-hybridized carbons (Fsp3) is 0.588. The molecule has 1 aliphatic heterocycles. The summed E-state index contributed by atoms with van der Waals surface area (Å²) in [5.74, 6) is -0.875. The fourth-order valence-electron chi connectivity index (χ4n) is 2.83. The quantitative estimate of drug-likeness (QED) is 0.876. The highest BCUT2D eigenvalue weighted by Gasteiger charge is 2.31. The van der Waals surface area contributed by atoms with Gasteiger partial charge in [0, 0.05) is 31.5 Å². The molecule has 1 aromatic rings. The molecule has 1 atom stereocenters. The van der Waals surface area contributed by atoms with Gasteiger partial charge >= 0.3 is 12.1 Å². The normalized spacial score (nSPS) is 18.0. The van der Waals surface area contributed by atoms with Gasteiger partial charge in [0.1, 0.15) is 11.6 Å². The minimum Gasteiger partial charge on any atom is -0.480 e. The molecule has 1 aromatic heterocycles. The number of carbonyl (C=O) groups is 2. The lowest BCUT2D eigenvalue weighted by molar-refractivity contribution is -0.144. The summed E-state index contributed by atoms with van der Waals surface area (Å²) in [4.78, 5) is 29.3.